The number of aromatic nitrogens is 1. The molecule has 0 atom stereocenters. The van der Waals surface area contributed by atoms with Crippen molar-refractivity contribution in [3.8, 4) is 16.9 Å². The molecule has 0 fully saturated rings. The van der Waals surface area contributed by atoms with Crippen molar-refractivity contribution < 1.29 is 14.6 Å². The van der Waals surface area contributed by atoms with Gasteiger partial charge in [-0.3, -0.25) is 0 Å². The maximum atomic E-state index is 11.1. The van der Waals surface area contributed by atoms with Crippen molar-refractivity contribution in [1.29, 1.82) is 0 Å². The number of carboxylic acids is 1. The monoisotopic (exact) mass is 243 g/mol. The molecule has 18 heavy (non-hydrogen) atoms. The van der Waals surface area contributed by atoms with Gasteiger partial charge in [-0.2, -0.15) is 0 Å². The van der Waals surface area contributed by atoms with Gasteiger partial charge in [0.25, 0.3) is 0 Å². The summed E-state index contributed by atoms with van der Waals surface area (Å²) in [5, 5.41) is 9.08. The lowest BCUT2D eigenvalue weighted by molar-refractivity contribution is 0.0691. The number of rotatable bonds is 4. The van der Waals surface area contributed by atoms with Crippen molar-refractivity contribution in [1.82, 2.24) is 4.98 Å². The maximum absolute atomic E-state index is 11.1. The van der Waals surface area contributed by atoms with Gasteiger partial charge in [-0.05, 0) is 30.7 Å². The Morgan fingerprint density at radius 2 is 2.00 bits per heavy atom. The van der Waals surface area contributed by atoms with Crippen LogP contribution >= 0.6 is 0 Å². The minimum Gasteiger partial charge on any atom is -0.494 e. The van der Waals surface area contributed by atoms with Crippen LogP contribution in [0.4, 0.5) is 0 Å². The molecular formula is C14H13NO3. The van der Waals surface area contributed by atoms with Gasteiger partial charge in [-0.1, -0.05) is 18.2 Å². The normalized spacial score (nSPS) is 10.1. The molecule has 0 aliphatic carbocycles. The van der Waals surface area contributed by atoms with Gasteiger partial charge < -0.3 is 9.84 Å². The molecule has 0 bridgehead atoms. The first-order chi connectivity index (χ1) is 8.72. The van der Waals surface area contributed by atoms with E-state index in [4.69, 9.17) is 9.84 Å². The lowest BCUT2D eigenvalue weighted by atomic mass is 10.0. The molecule has 1 heterocycles. The molecule has 0 unspecified atom stereocenters. The van der Waals surface area contributed by atoms with E-state index in [1.165, 1.54) is 6.20 Å². The molecule has 0 amide bonds. The van der Waals surface area contributed by atoms with Crippen LogP contribution in [-0.4, -0.2) is 22.7 Å². The maximum Gasteiger partial charge on any atom is 0.355 e. The molecule has 0 saturated carbocycles. The quantitative estimate of drug-likeness (QED) is 0.897. The van der Waals surface area contributed by atoms with Gasteiger partial charge in [-0.25, -0.2) is 9.78 Å². The second-order valence-electron chi connectivity index (χ2n) is 3.66. The van der Waals surface area contributed by atoms with Gasteiger partial charge >= 0.3 is 5.97 Å². The predicted octanol–water partition coefficient (Wildman–Crippen LogP) is 2.85. The van der Waals surface area contributed by atoms with Gasteiger partial charge in [0.05, 0.1) is 6.61 Å². The molecular weight excluding hydrogens is 230 g/mol. The Balaban J connectivity index is 2.39. The van der Waals surface area contributed by atoms with Crippen LogP contribution in [0, 0.1) is 0 Å². The Kier molecular flexibility index (Phi) is 3.57. The summed E-state index contributed by atoms with van der Waals surface area (Å²) < 4.78 is 5.34. The first-order valence-electron chi connectivity index (χ1n) is 5.64. The Hall–Kier alpha value is -2.36. The highest BCUT2D eigenvalue weighted by molar-refractivity contribution is 5.93. The number of carbonyl (C=O) groups is 1. The van der Waals surface area contributed by atoms with Crippen LogP contribution in [0.2, 0.25) is 0 Å². The van der Waals surface area contributed by atoms with Crippen molar-refractivity contribution in [3.05, 3.63) is 48.3 Å². The van der Waals surface area contributed by atoms with E-state index in [1.54, 1.807) is 12.1 Å². The van der Waals surface area contributed by atoms with E-state index < -0.39 is 5.97 Å². The van der Waals surface area contributed by atoms with Crippen molar-refractivity contribution in [2.75, 3.05) is 6.61 Å². The summed E-state index contributed by atoms with van der Waals surface area (Å²) in [6.07, 6.45) is 1.47. The van der Waals surface area contributed by atoms with Gasteiger partial charge in [0.15, 0.2) is 5.69 Å². The highest BCUT2D eigenvalue weighted by Crippen LogP contribution is 2.24. The molecule has 0 saturated heterocycles. The topological polar surface area (TPSA) is 59.4 Å². The number of aromatic carboxylic acids is 1. The van der Waals surface area contributed by atoms with E-state index in [1.807, 2.05) is 31.2 Å². The first kappa shape index (κ1) is 12.1. The van der Waals surface area contributed by atoms with Crippen LogP contribution in [-0.2, 0) is 0 Å². The fraction of sp³-hybridized carbons (Fsp3) is 0.143. The number of carboxylic acid groups (broad SMARTS) is 1. The molecule has 0 aliphatic rings. The molecule has 4 nitrogen and oxygen atoms in total. The molecule has 1 aromatic heterocycles. The number of hydrogen-bond acceptors (Lipinski definition) is 3. The number of nitrogens with zero attached hydrogens (tertiary/aromatic N) is 1. The van der Waals surface area contributed by atoms with Crippen molar-refractivity contribution >= 4 is 5.97 Å². The van der Waals surface area contributed by atoms with E-state index in [9.17, 15) is 4.79 Å². The fourth-order valence-electron chi connectivity index (χ4n) is 1.71. The summed E-state index contributed by atoms with van der Waals surface area (Å²) in [5.74, 6) is -0.262. The molecule has 1 N–H and O–H groups in total. The van der Waals surface area contributed by atoms with Crippen LogP contribution in [0.3, 0.4) is 0 Å². The van der Waals surface area contributed by atoms with Crippen LogP contribution < -0.4 is 4.74 Å². The highest BCUT2D eigenvalue weighted by Gasteiger charge is 2.12. The average molecular weight is 243 g/mol. The highest BCUT2D eigenvalue weighted by atomic mass is 16.5. The van der Waals surface area contributed by atoms with E-state index in [2.05, 4.69) is 4.98 Å². The summed E-state index contributed by atoms with van der Waals surface area (Å²) in [5.41, 5.74) is 1.47. The number of hydrogen-bond donors (Lipinski definition) is 1. The van der Waals surface area contributed by atoms with Crippen LogP contribution in [0.15, 0.2) is 42.6 Å². The Morgan fingerprint density at radius 3 is 2.61 bits per heavy atom. The molecule has 0 radical (unpaired) electrons. The summed E-state index contributed by atoms with van der Waals surface area (Å²) in [7, 11) is 0. The van der Waals surface area contributed by atoms with Crippen molar-refractivity contribution in [2.24, 2.45) is 0 Å². The van der Waals surface area contributed by atoms with Crippen molar-refractivity contribution in [3.63, 3.8) is 0 Å². The zero-order chi connectivity index (χ0) is 13.0. The third-order valence-electron chi connectivity index (χ3n) is 2.49. The zero-order valence-electron chi connectivity index (χ0n) is 9.96. The molecule has 2 rings (SSSR count). The van der Waals surface area contributed by atoms with E-state index >= 15 is 0 Å². The predicted molar refractivity (Wildman–Crippen MR) is 67.8 cm³/mol. The van der Waals surface area contributed by atoms with Crippen LogP contribution in [0.1, 0.15) is 17.4 Å². The minimum absolute atomic E-state index is 0.0571. The van der Waals surface area contributed by atoms with Gasteiger partial charge in [-0.15, -0.1) is 0 Å². The minimum atomic E-state index is -1.03. The van der Waals surface area contributed by atoms with Gasteiger partial charge in [0.2, 0.25) is 0 Å². The fourth-order valence-corrected chi connectivity index (χ4v) is 1.71. The standard InChI is InChI=1S/C14H13NO3/c1-2-18-11-7-5-10(6-8-11)12-4-3-9-15-13(12)14(16)17/h3-9H,2H2,1H3,(H,16,17). The summed E-state index contributed by atoms with van der Waals surface area (Å²) in [4.78, 5) is 15.0. The van der Waals surface area contributed by atoms with E-state index in [0.29, 0.717) is 12.2 Å². The molecule has 0 aliphatic heterocycles. The number of ether oxygens (including phenoxy) is 1. The molecule has 0 spiro atoms. The van der Waals surface area contributed by atoms with Crippen molar-refractivity contribution in [2.45, 2.75) is 6.92 Å². The van der Waals surface area contributed by atoms with Gasteiger partial charge in [0.1, 0.15) is 5.75 Å². The van der Waals surface area contributed by atoms with Crippen LogP contribution in [0.25, 0.3) is 11.1 Å². The largest absolute Gasteiger partial charge is 0.494 e. The first-order valence-corrected chi connectivity index (χ1v) is 5.64. The van der Waals surface area contributed by atoms with E-state index in [0.717, 1.165) is 11.3 Å². The summed E-state index contributed by atoms with van der Waals surface area (Å²) >= 11 is 0. The Bertz CT molecular complexity index is 549. The lowest BCUT2D eigenvalue weighted by Gasteiger charge is -2.07. The summed E-state index contributed by atoms with van der Waals surface area (Å²) in [6, 6.07) is 10.8. The SMILES string of the molecule is CCOc1ccc(-c2cccnc2C(=O)O)cc1. The molecule has 1 aromatic carbocycles. The smallest absolute Gasteiger partial charge is 0.355 e. The third kappa shape index (κ3) is 2.48. The molecule has 92 valence electrons. The Morgan fingerprint density at radius 1 is 1.28 bits per heavy atom. The number of benzene rings is 1. The molecule has 4 heteroatoms. The second kappa shape index (κ2) is 5.31. The van der Waals surface area contributed by atoms with E-state index in [-0.39, 0.29) is 5.69 Å². The third-order valence-corrected chi connectivity index (χ3v) is 2.49. The van der Waals surface area contributed by atoms with Crippen LogP contribution in [0.5, 0.6) is 5.75 Å². The Labute approximate surface area is 105 Å². The molecule has 2 aromatic rings. The van der Waals surface area contributed by atoms with Gasteiger partial charge in [0, 0.05) is 11.8 Å². The lowest BCUT2D eigenvalue weighted by Crippen LogP contribution is -2.02. The summed E-state index contributed by atoms with van der Waals surface area (Å²) in [6.45, 7) is 2.52. The number of pyridine rings is 1. The zero-order valence-corrected chi connectivity index (χ0v) is 9.96. The second-order valence-corrected chi connectivity index (χ2v) is 3.66. The average Bonchev–Trinajstić information content (AvgIpc) is 2.40.